The summed E-state index contributed by atoms with van der Waals surface area (Å²) in [7, 11) is 0. The van der Waals surface area contributed by atoms with E-state index in [9.17, 15) is 9.90 Å². The highest BCUT2D eigenvalue weighted by molar-refractivity contribution is 5.78. The summed E-state index contributed by atoms with van der Waals surface area (Å²) in [4.78, 5) is 28.0. The summed E-state index contributed by atoms with van der Waals surface area (Å²) < 4.78 is 5.59. The first-order valence-electron chi connectivity index (χ1n) is 13.1. The van der Waals surface area contributed by atoms with Crippen LogP contribution in [0.25, 0.3) is 34.2 Å². The van der Waals surface area contributed by atoms with Gasteiger partial charge in [-0.15, -0.1) is 0 Å². The number of aromatic hydroxyl groups is 1. The average Bonchev–Trinajstić information content (AvgIpc) is 2.91. The van der Waals surface area contributed by atoms with E-state index in [0.29, 0.717) is 23.0 Å². The van der Waals surface area contributed by atoms with Crippen molar-refractivity contribution < 1.29 is 24.9 Å². The maximum absolute atomic E-state index is 12.4. The molecule has 0 aliphatic carbocycles. The van der Waals surface area contributed by atoms with Crippen molar-refractivity contribution in [3.63, 3.8) is 0 Å². The molecule has 1 amide bonds. The number of benzene rings is 3. The molecule has 0 saturated carbocycles. The van der Waals surface area contributed by atoms with Gasteiger partial charge in [0.1, 0.15) is 11.5 Å². The van der Waals surface area contributed by atoms with Gasteiger partial charge in [-0.1, -0.05) is 47.5 Å². The van der Waals surface area contributed by atoms with Gasteiger partial charge in [0.05, 0.1) is 18.8 Å². The van der Waals surface area contributed by atoms with Gasteiger partial charge < -0.3 is 25.0 Å². The molecule has 208 valence electrons. The lowest BCUT2D eigenvalue weighted by molar-refractivity contribution is -0.134. The summed E-state index contributed by atoms with van der Waals surface area (Å²) in [5.41, 5.74) is 6.44. The smallest absolute Gasteiger partial charge is 0.260 e. The summed E-state index contributed by atoms with van der Waals surface area (Å²) in [6.45, 7) is 7.52. The number of aromatic nitrogens is 3. The second-order valence-corrected chi connectivity index (χ2v) is 9.74. The molecule has 0 aliphatic rings. The molecule has 4 aromatic rings. The highest BCUT2D eigenvalue weighted by atomic mass is 16.5. The van der Waals surface area contributed by atoms with Crippen molar-refractivity contribution in [3.8, 4) is 45.7 Å². The minimum atomic E-state index is -0.389. The third-order valence-electron chi connectivity index (χ3n) is 6.55. The lowest BCUT2D eigenvalue weighted by Gasteiger charge is -2.20. The Balaban J connectivity index is 1.71. The highest BCUT2D eigenvalue weighted by Gasteiger charge is 2.18. The number of phenols is 1. The van der Waals surface area contributed by atoms with Crippen molar-refractivity contribution in [2.75, 3.05) is 32.9 Å². The molecule has 3 aromatic carbocycles. The Kier molecular flexibility index (Phi) is 9.08. The van der Waals surface area contributed by atoms with Crippen LogP contribution in [0.3, 0.4) is 0 Å². The number of aliphatic hydroxyl groups excluding tert-OH is 2. The number of hydrogen-bond acceptors (Lipinski definition) is 8. The van der Waals surface area contributed by atoms with Crippen LogP contribution in [0.15, 0.2) is 54.6 Å². The second-order valence-electron chi connectivity index (χ2n) is 9.74. The number of nitrogens with zero attached hydrogens (tertiary/aromatic N) is 4. The van der Waals surface area contributed by atoms with Gasteiger partial charge in [0.2, 0.25) is 0 Å². The number of aliphatic hydroxyl groups is 2. The van der Waals surface area contributed by atoms with Gasteiger partial charge in [-0.05, 0) is 51.0 Å². The molecule has 1 heterocycles. The lowest BCUT2D eigenvalue weighted by atomic mass is 10.0. The maximum Gasteiger partial charge on any atom is 0.260 e. The number of rotatable bonds is 10. The fourth-order valence-corrected chi connectivity index (χ4v) is 4.50. The molecule has 1 aromatic heterocycles. The van der Waals surface area contributed by atoms with E-state index in [-0.39, 0.29) is 50.3 Å². The SMILES string of the molecule is Cc1ccc(-c2nc(-c3ccc(C)cc3C)nc(-c3ccc(OCC(=O)N(CCO)CCO)cc3O)n2)c(C)c1. The molecule has 0 atom stereocenters. The summed E-state index contributed by atoms with van der Waals surface area (Å²) >= 11 is 0. The van der Waals surface area contributed by atoms with Crippen LogP contribution >= 0.6 is 0 Å². The molecule has 9 nitrogen and oxygen atoms in total. The molecule has 0 saturated heterocycles. The summed E-state index contributed by atoms with van der Waals surface area (Å²) in [5.74, 6) is 1.07. The van der Waals surface area contributed by atoms with Crippen molar-refractivity contribution >= 4 is 5.91 Å². The summed E-state index contributed by atoms with van der Waals surface area (Å²) in [5, 5.41) is 29.2. The number of carbonyl (C=O) groups is 1. The Hall–Kier alpha value is -4.34. The van der Waals surface area contributed by atoms with Crippen molar-refractivity contribution in [3.05, 3.63) is 76.9 Å². The Bertz CT molecular complexity index is 1450. The van der Waals surface area contributed by atoms with E-state index in [1.165, 1.54) is 11.0 Å². The molecule has 4 rings (SSSR count). The topological polar surface area (TPSA) is 129 Å². The van der Waals surface area contributed by atoms with E-state index in [1.54, 1.807) is 12.1 Å². The fraction of sp³-hybridized carbons (Fsp3) is 0.290. The third kappa shape index (κ3) is 6.62. The minimum Gasteiger partial charge on any atom is -0.507 e. The second kappa shape index (κ2) is 12.7. The monoisotopic (exact) mass is 542 g/mol. The fourth-order valence-electron chi connectivity index (χ4n) is 4.50. The number of phenolic OH excluding ortho intramolecular Hbond substituents is 1. The Labute approximate surface area is 233 Å². The van der Waals surface area contributed by atoms with Crippen LogP contribution in [-0.2, 0) is 4.79 Å². The molecule has 3 N–H and O–H groups in total. The average molecular weight is 543 g/mol. The minimum absolute atomic E-state index is 0.0951. The van der Waals surface area contributed by atoms with E-state index in [4.69, 9.17) is 29.9 Å². The molecule has 0 spiro atoms. The van der Waals surface area contributed by atoms with Crippen LogP contribution in [0.4, 0.5) is 0 Å². The highest BCUT2D eigenvalue weighted by Crippen LogP contribution is 2.34. The van der Waals surface area contributed by atoms with Gasteiger partial charge in [0, 0.05) is 30.3 Å². The van der Waals surface area contributed by atoms with Gasteiger partial charge in [-0.25, -0.2) is 15.0 Å². The van der Waals surface area contributed by atoms with E-state index in [1.807, 2.05) is 52.0 Å². The molecule has 0 radical (unpaired) electrons. The zero-order valence-electron chi connectivity index (χ0n) is 23.2. The van der Waals surface area contributed by atoms with Crippen LogP contribution in [-0.4, -0.2) is 74.0 Å². The van der Waals surface area contributed by atoms with Crippen molar-refractivity contribution in [1.82, 2.24) is 19.9 Å². The largest absolute Gasteiger partial charge is 0.507 e. The first-order chi connectivity index (χ1) is 19.2. The molecular formula is C31H34N4O5. The number of amides is 1. The Morgan fingerprint density at radius 2 is 1.20 bits per heavy atom. The van der Waals surface area contributed by atoms with E-state index in [2.05, 4.69) is 12.1 Å². The molecule has 40 heavy (non-hydrogen) atoms. The first kappa shape index (κ1) is 28.7. The van der Waals surface area contributed by atoms with Gasteiger partial charge in [-0.3, -0.25) is 4.79 Å². The van der Waals surface area contributed by atoms with Gasteiger partial charge >= 0.3 is 0 Å². The van der Waals surface area contributed by atoms with Crippen LogP contribution in [0.1, 0.15) is 22.3 Å². The predicted octanol–water partition coefficient (Wildman–Crippen LogP) is 4.00. The molecule has 0 bridgehead atoms. The first-order valence-corrected chi connectivity index (χ1v) is 13.1. The van der Waals surface area contributed by atoms with Crippen molar-refractivity contribution in [2.24, 2.45) is 0 Å². The number of aryl methyl sites for hydroxylation is 4. The predicted molar refractivity (Wildman–Crippen MR) is 153 cm³/mol. The normalized spacial score (nSPS) is 10.9. The van der Waals surface area contributed by atoms with E-state index in [0.717, 1.165) is 33.4 Å². The van der Waals surface area contributed by atoms with Crippen LogP contribution in [0, 0.1) is 27.7 Å². The third-order valence-corrected chi connectivity index (χ3v) is 6.55. The zero-order chi connectivity index (χ0) is 28.8. The quantitative estimate of drug-likeness (QED) is 0.274. The zero-order valence-corrected chi connectivity index (χ0v) is 23.2. The van der Waals surface area contributed by atoms with E-state index < -0.39 is 0 Å². The van der Waals surface area contributed by atoms with E-state index >= 15 is 0 Å². The van der Waals surface area contributed by atoms with Crippen LogP contribution in [0.5, 0.6) is 11.5 Å². The van der Waals surface area contributed by atoms with Crippen LogP contribution < -0.4 is 4.74 Å². The van der Waals surface area contributed by atoms with Crippen molar-refractivity contribution in [2.45, 2.75) is 27.7 Å². The molecule has 0 aliphatic heterocycles. The summed E-state index contributed by atoms with van der Waals surface area (Å²) in [6.07, 6.45) is 0. The lowest BCUT2D eigenvalue weighted by Crippen LogP contribution is -2.38. The molecule has 0 unspecified atom stereocenters. The number of ether oxygens (including phenoxy) is 1. The Morgan fingerprint density at radius 3 is 1.65 bits per heavy atom. The number of carbonyl (C=O) groups excluding carboxylic acids is 1. The number of hydrogen-bond donors (Lipinski definition) is 3. The van der Waals surface area contributed by atoms with Crippen LogP contribution in [0.2, 0.25) is 0 Å². The maximum atomic E-state index is 12.4. The van der Waals surface area contributed by atoms with Gasteiger partial charge in [0.25, 0.3) is 5.91 Å². The Morgan fingerprint density at radius 1 is 0.725 bits per heavy atom. The standard InChI is InChI=1S/C31H34N4O5/c1-19-5-8-24(21(3)15-19)29-32-30(25-9-6-20(2)16-22(25)4)34-31(33-29)26-10-7-23(17-27(26)38)40-18-28(39)35(11-13-36)12-14-37/h5-10,15-17,36-38H,11-14,18H2,1-4H3. The van der Waals surface area contributed by atoms with Gasteiger partial charge in [0.15, 0.2) is 24.1 Å². The molecular weight excluding hydrogens is 508 g/mol. The van der Waals surface area contributed by atoms with Crippen molar-refractivity contribution in [1.29, 1.82) is 0 Å². The molecule has 9 heteroatoms. The molecule has 0 fully saturated rings. The summed E-state index contributed by atoms with van der Waals surface area (Å²) in [6, 6.07) is 16.8. The van der Waals surface area contributed by atoms with Gasteiger partial charge in [-0.2, -0.15) is 0 Å².